The Bertz CT molecular complexity index is 1980. The van der Waals surface area contributed by atoms with Gasteiger partial charge in [0.05, 0.1) is 5.69 Å². The van der Waals surface area contributed by atoms with Crippen molar-refractivity contribution in [3.8, 4) is 28.2 Å². The lowest BCUT2D eigenvalue weighted by Crippen LogP contribution is -2.10. The molecule has 0 amide bonds. The quantitative estimate of drug-likeness (QED) is 0.102. The van der Waals surface area contributed by atoms with Crippen LogP contribution < -0.4 is 0 Å². The summed E-state index contributed by atoms with van der Waals surface area (Å²) in [6.45, 7) is 15.8. The van der Waals surface area contributed by atoms with Crippen molar-refractivity contribution in [1.29, 1.82) is 0 Å². The fraction of sp³-hybridized carbons (Fsp3) is 0.422. The Morgan fingerprint density at radius 3 is 1.76 bits per heavy atom. The topological polar surface area (TPSA) is 30.7 Å². The molecule has 0 saturated heterocycles. The average molecular weight is 670 g/mol. The molecule has 2 heterocycles. The van der Waals surface area contributed by atoms with Gasteiger partial charge in [0.1, 0.15) is 5.82 Å². The zero-order valence-corrected chi connectivity index (χ0v) is 31.7. The number of hydrogen-bond acceptors (Lipinski definition) is 3. The first-order valence-corrected chi connectivity index (χ1v) is 19.8. The van der Waals surface area contributed by atoms with E-state index >= 15 is 0 Å². The maximum Gasteiger partial charge on any atom is 0.163 e. The van der Waals surface area contributed by atoms with Gasteiger partial charge in [-0.2, -0.15) is 5.10 Å². The number of thiophene rings is 1. The van der Waals surface area contributed by atoms with Crippen LogP contribution in [0.25, 0.3) is 48.4 Å². The second kappa shape index (κ2) is 15.9. The number of aromatic nitrogens is 3. The van der Waals surface area contributed by atoms with E-state index in [1.807, 2.05) is 18.3 Å². The Morgan fingerprint density at radius 1 is 0.592 bits per heavy atom. The highest BCUT2D eigenvalue weighted by Crippen LogP contribution is 2.40. The van der Waals surface area contributed by atoms with E-state index < -0.39 is 0 Å². The zero-order chi connectivity index (χ0) is 34.5. The van der Waals surface area contributed by atoms with Crippen LogP contribution in [0.4, 0.5) is 0 Å². The van der Waals surface area contributed by atoms with Gasteiger partial charge in [0.25, 0.3) is 0 Å². The summed E-state index contributed by atoms with van der Waals surface area (Å²) >= 11 is 1.89. The smallest absolute Gasteiger partial charge is 0.163 e. The monoisotopic (exact) mass is 669 g/mol. The van der Waals surface area contributed by atoms with Crippen molar-refractivity contribution >= 4 is 31.5 Å². The third-order valence-electron chi connectivity index (χ3n) is 10.1. The molecule has 3 nitrogen and oxygen atoms in total. The van der Waals surface area contributed by atoms with Gasteiger partial charge in [0, 0.05) is 25.7 Å². The molecule has 4 aromatic carbocycles. The standard InChI is InChI=1S/C45H55N3S/c1-8-10-12-14-16-33-18-21-35(22-19-33)37-28-38(30(3)4)44(39(29-37)31(5)6)48-45(46-32(7)47-48)36-23-25-43-41(27-36)40-26-34(17-15-13-11-9-2)20-24-42(40)49-43/h18-31H,8-17H2,1-7H3. The largest absolute Gasteiger partial charge is 0.212 e. The lowest BCUT2D eigenvalue weighted by Gasteiger charge is -2.23. The Hall–Kier alpha value is -3.76. The first-order valence-electron chi connectivity index (χ1n) is 18.9. The minimum absolute atomic E-state index is 0.321. The molecule has 0 atom stereocenters. The molecule has 0 bridgehead atoms. The van der Waals surface area contributed by atoms with Gasteiger partial charge in [-0.3, -0.25) is 0 Å². The van der Waals surface area contributed by atoms with Crippen molar-refractivity contribution in [3.63, 3.8) is 0 Å². The number of hydrogen-bond donors (Lipinski definition) is 0. The molecule has 256 valence electrons. The van der Waals surface area contributed by atoms with Crippen LogP contribution in [0.5, 0.6) is 0 Å². The molecular weight excluding hydrogens is 615 g/mol. The van der Waals surface area contributed by atoms with E-state index in [2.05, 4.69) is 119 Å². The summed E-state index contributed by atoms with van der Waals surface area (Å²) in [4.78, 5) is 5.09. The molecule has 6 aromatic rings. The van der Waals surface area contributed by atoms with E-state index in [-0.39, 0.29) is 0 Å². The van der Waals surface area contributed by atoms with Gasteiger partial charge in [0.15, 0.2) is 5.82 Å². The minimum Gasteiger partial charge on any atom is -0.212 e. The van der Waals surface area contributed by atoms with Gasteiger partial charge >= 0.3 is 0 Å². The van der Waals surface area contributed by atoms with Crippen LogP contribution in [-0.2, 0) is 12.8 Å². The molecule has 49 heavy (non-hydrogen) atoms. The minimum atomic E-state index is 0.321. The molecule has 0 spiro atoms. The Kier molecular flexibility index (Phi) is 11.3. The van der Waals surface area contributed by atoms with Crippen molar-refractivity contribution in [2.24, 2.45) is 0 Å². The first kappa shape index (κ1) is 35.1. The molecule has 4 heteroatoms. The Morgan fingerprint density at radius 2 is 1.14 bits per heavy atom. The van der Waals surface area contributed by atoms with Crippen LogP contribution in [-0.4, -0.2) is 14.8 Å². The van der Waals surface area contributed by atoms with Gasteiger partial charge < -0.3 is 0 Å². The summed E-state index contributed by atoms with van der Waals surface area (Å²) in [7, 11) is 0. The molecule has 0 fully saturated rings. The SMILES string of the molecule is CCCCCCc1ccc(-c2cc(C(C)C)c(-n3nc(C)nc3-c3ccc4sc5ccc(CCCCCC)cc5c4c3)c(C(C)C)c2)cc1. The van der Waals surface area contributed by atoms with Crippen molar-refractivity contribution in [1.82, 2.24) is 14.8 Å². The number of unbranched alkanes of at least 4 members (excludes halogenated alkanes) is 6. The highest BCUT2D eigenvalue weighted by Gasteiger charge is 2.23. The van der Waals surface area contributed by atoms with Crippen LogP contribution in [0, 0.1) is 6.92 Å². The van der Waals surface area contributed by atoms with Crippen molar-refractivity contribution < 1.29 is 0 Å². The van der Waals surface area contributed by atoms with Crippen molar-refractivity contribution in [2.75, 3.05) is 0 Å². The van der Waals surface area contributed by atoms with E-state index in [4.69, 9.17) is 10.1 Å². The third-order valence-corrected chi connectivity index (χ3v) is 11.2. The predicted octanol–water partition coefficient (Wildman–Crippen LogP) is 13.8. The molecular formula is C45H55N3S. The van der Waals surface area contributed by atoms with Crippen LogP contribution in [0.15, 0.2) is 72.8 Å². The van der Waals surface area contributed by atoms with Crippen LogP contribution in [0.2, 0.25) is 0 Å². The van der Waals surface area contributed by atoms with Crippen LogP contribution >= 0.6 is 11.3 Å². The van der Waals surface area contributed by atoms with E-state index in [1.54, 1.807) is 0 Å². The number of rotatable bonds is 15. The van der Waals surface area contributed by atoms with Crippen molar-refractivity contribution in [3.05, 3.63) is 101 Å². The van der Waals surface area contributed by atoms with Crippen LogP contribution in [0.3, 0.4) is 0 Å². The normalized spacial score (nSPS) is 11.9. The molecule has 0 aliphatic heterocycles. The second-order valence-corrected chi connectivity index (χ2v) is 15.8. The van der Waals surface area contributed by atoms with Crippen molar-refractivity contribution in [2.45, 2.75) is 125 Å². The van der Waals surface area contributed by atoms with Gasteiger partial charge in [-0.15, -0.1) is 11.3 Å². The van der Waals surface area contributed by atoms with Gasteiger partial charge in [-0.1, -0.05) is 110 Å². The molecule has 0 saturated carbocycles. The second-order valence-electron chi connectivity index (χ2n) is 14.7. The highest BCUT2D eigenvalue weighted by molar-refractivity contribution is 7.25. The molecule has 2 aromatic heterocycles. The summed E-state index contributed by atoms with van der Waals surface area (Å²) in [6.07, 6.45) is 12.7. The third kappa shape index (κ3) is 7.86. The summed E-state index contributed by atoms with van der Waals surface area (Å²) in [5.74, 6) is 2.35. The van der Waals surface area contributed by atoms with Gasteiger partial charge in [-0.05, 0) is 120 Å². The van der Waals surface area contributed by atoms with E-state index in [0.717, 1.165) is 30.1 Å². The maximum atomic E-state index is 5.10. The van der Waals surface area contributed by atoms with E-state index in [0.29, 0.717) is 11.8 Å². The lowest BCUT2D eigenvalue weighted by atomic mass is 9.88. The summed E-state index contributed by atoms with van der Waals surface area (Å²) in [6, 6.07) is 28.1. The zero-order valence-electron chi connectivity index (χ0n) is 30.9. The molecule has 0 aliphatic rings. The Balaban J connectivity index is 1.40. The van der Waals surface area contributed by atoms with Crippen LogP contribution in [0.1, 0.15) is 133 Å². The molecule has 0 aliphatic carbocycles. The fourth-order valence-electron chi connectivity index (χ4n) is 7.22. The molecule has 6 rings (SSSR count). The predicted molar refractivity (Wildman–Crippen MR) is 214 cm³/mol. The molecule has 0 N–H and O–H groups in total. The Labute approximate surface area is 298 Å². The number of fused-ring (bicyclic) bond motifs is 3. The average Bonchev–Trinajstić information content (AvgIpc) is 3.67. The highest BCUT2D eigenvalue weighted by atomic mass is 32.1. The molecule has 0 unspecified atom stereocenters. The number of benzene rings is 4. The lowest BCUT2D eigenvalue weighted by molar-refractivity contribution is 0.667. The number of nitrogens with zero attached hydrogens (tertiary/aromatic N) is 3. The van der Waals surface area contributed by atoms with Gasteiger partial charge in [-0.25, -0.2) is 9.67 Å². The number of aryl methyl sites for hydroxylation is 3. The summed E-state index contributed by atoms with van der Waals surface area (Å²) < 4.78 is 4.83. The van der Waals surface area contributed by atoms with E-state index in [1.165, 1.54) is 111 Å². The fourth-order valence-corrected chi connectivity index (χ4v) is 8.29. The van der Waals surface area contributed by atoms with Gasteiger partial charge in [0.2, 0.25) is 0 Å². The first-order chi connectivity index (χ1) is 23.8. The maximum absolute atomic E-state index is 5.10. The van der Waals surface area contributed by atoms with E-state index in [9.17, 15) is 0 Å². The summed E-state index contributed by atoms with van der Waals surface area (Å²) in [5, 5.41) is 7.78. The summed E-state index contributed by atoms with van der Waals surface area (Å²) in [5.41, 5.74) is 10.4. The molecule has 0 radical (unpaired) electrons.